The van der Waals surface area contributed by atoms with Gasteiger partial charge in [-0.3, -0.25) is 14.8 Å². The summed E-state index contributed by atoms with van der Waals surface area (Å²) in [6.07, 6.45) is 7.92. The highest BCUT2D eigenvalue weighted by atomic mass is 79.9. The lowest BCUT2D eigenvalue weighted by atomic mass is 9.94. The van der Waals surface area contributed by atoms with Crippen LogP contribution in [0.25, 0.3) is 11.0 Å². The number of benzene rings is 1. The predicted molar refractivity (Wildman–Crippen MR) is 86.6 cm³/mol. The summed E-state index contributed by atoms with van der Waals surface area (Å²) < 4.78 is 0. The van der Waals surface area contributed by atoms with E-state index in [-0.39, 0.29) is 11.9 Å². The summed E-state index contributed by atoms with van der Waals surface area (Å²) in [5.41, 5.74) is 2.25. The molecule has 4 nitrogen and oxygen atoms in total. The highest BCUT2D eigenvalue weighted by Crippen LogP contribution is 2.28. The largest absolute Gasteiger partial charge is 0.338 e. The molecule has 1 aromatic carbocycles. The van der Waals surface area contributed by atoms with Crippen LogP contribution in [-0.2, 0) is 0 Å². The topological polar surface area (TPSA) is 46.1 Å². The van der Waals surface area contributed by atoms with Gasteiger partial charge in [0.1, 0.15) is 0 Å². The normalized spacial score (nSPS) is 22.2. The molecule has 1 saturated carbocycles. The molecule has 1 aromatic heterocycles. The van der Waals surface area contributed by atoms with E-state index in [1.165, 1.54) is 12.8 Å². The first-order valence-corrected chi connectivity index (χ1v) is 8.20. The van der Waals surface area contributed by atoms with E-state index in [2.05, 4.69) is 25.9 Å². The number of nitrogens with zero attached hydrogens (tertiary/aromatic N) is 3. The number of hydrogen-bond acceptors (Lipinski definition) is 3. The molecule has 2 unspecified atom stereocenters. The third kappa shape index (κ3) is 2.93. The van der Waals surface area contributed by atoms with Crippen LogP contribution in [0.2, 0.25) is 0 Å². The number of alkyl halides is 1. The Morgan fingerprint density at radius 2 is 1.90 bits per heavy atom. The molecule has 0 bridgehead atoms. The van der Waals surface area contributed by atoms with E-state index in [1.54, 1.807) is 12.4 Å². The quantitative estimate of drug-likeness (QED) is 0.782. The van der Waals surface area contributed by atoms with Crippen LogP contribution < -0.4 is 0 Å². The van der Waals surface area contributed by atoms with Gasteiger partial charge in [-0.05, 0) is 31.0 Å². The molecule has 110 valence electrons. The van der Waals surface area contributed by atoms with Gasteiger partial charge < -0.3 is 4.90 Å². The minimum atomic E-state index is 0.0545. The van der Waals surface area contributed by atoms with Gasteiger partial charge in [0.25, 0.3) is 5.91 Å². The molecule has 2 aromatic rings. The highest BCUT2D eigenvalue weighted by Gasteiger charge is 2.29. The highest BCUT2D eigenvalue weighted by molar-refractivity contribution is 9.09. The molecule has 0 radical (unpaired) electrons. The number of rotatable bonds is 2. The van der Waals surface area contributed by atoms with E-state index in [1.807, 2.05) is 30.1 Å². The first-order chi connectivity index (χ1) is 10.2. The fourth-order valence-electron chi connectivity index (χ4n) is 2.95. The van der Waals surface area contributed by atoms with Crippen molar-refractivity contribution in [2.45, 2.75) is 36.6 Å². The number of halogens is 1. The fourth-order valence-corrected chi connectivity index (χ4v) is 3.90. The molecule has 5 heteroatoms. The zero-order valence-electron chi connectivity index (χ0n) is 12.0. The second-order valence-electron chi connectivity index (χ2n) is 5.54. The summed E-state index contributed by atoms with van der Waals surface area (Å²) in [6, 6.07) is 5.79. The van der Waals surface area contributed by atoms with Crippen LogP contribution >= 0.6 is 15.9 Å². The minimum Gasteiger partial charge on any atom is -0.338 e. The van der Waals surface area contributed by atoms with Gasteiger partial charge >= 0.3 is 0 Å². The van der Waals surface area contributed by atoms with Crippen LogP contribution in [0.3, 0.4) is 0 Å². The Morgan fingerprint density at radius 1 is 1.19 bits per heavy atom. The van der Waals surface area contributed by atoms with Crippen molar-refractivity contribution in [1.82, 2.24) is 14.9 Å². The molecule has 2 atom stereocenters. The van der Waals surface area contributed by atoms with Crippen LogP contribution in [0.1, 0.15) is 36.0 Å². The summed E-state index contributed by atoms with van der Waals surface area (Å²) in [5.74, 6) is 0.0545. The van der Waals surface area contributed by atoms with Crippen LogP contribution in [-0.4, -0.2) is 38.7 Å². The van der Waals surface area contributed by atoms with E-state index in [0.717, 1.165) is 23.9 Å². The molecule has 21 heavy (non-hydrogen) atoms. The molecule has 3 rings (SSSR count). The Morgan fingerprint density at radius 3 is 2.67 bits per heavy atom. The van der Waals surface area contributed by atoms with Crippen molar-refractivity contribution in [2.75, 3.05) is 7.05 Å². The van der Waals surface area contributed by atoms with Crippen LogP contribution in [0.5, 0.6) is 0 Å². The summed E-state index contributed by atoms with van der Waals surface area (Å²) in [7, 11) is 1.90. The third-order valence-electron chi connectivity index (χ3n) is 4.18. The lowest BCUT2D eigenvalue weighted by Gasteiger charge is -2.35. The predicted octanol–water partition coefficient (Wildman–Crippen LogP) is 3.41. The van der Waals surface area contributed by atoms with Crippen LogP contribution in [0, 0.1) is 0 Å². The van der Waals surface area contributed by atoms with Gasteiger partial charge in [-0.15, -0.1) is 0 Å². The molecule has 0 spiro atoms. The van der Waals surface area contributed by atoms with Crippen LogP contribution in [0.15, 0.2) is 30.6 Å². The number of amides is 1. The number of aromatic nitrogens is 2. The Bertz CT molecular complexity index is 661. The minimum absolute atomic E-state index is 0.0545. The summed E-state index contributed by atoms with van der Waals surface area (Å²) in [5, 5.41) is 0. The molecule has 1 fully saturated rings. The zero-order chi connectivity index (χ0) is 14.8. The maximum Gasteiger partial charge on any atom is 0.253 e. The molecule has 0 saturated heterocycles. The Kier molecular flexibility index (Phi) is 4.19. The van der Waals surface area contributed by atoms with Crippen molar-refractivity contribution in [3.63, 3.8) is 0 Å². The molecular formula is C16H18BrN3O. The van der Waals surface area contributed by atoms with Crippen molar-refractivity contribution >= 4 is 32.9 Å². The molecule has 0 N–H and O–H groups in total. The number of carbonyl (C=O) groups excluding carboxylic acids is 1. The summed E-state index contributed by atoms with van der Waals surface area (Å²) >= 11 is 3.72. The van der Waals surface area contributed by atoms with Crippen LogP contribution in [0.4, 0.5) is 0 Å². The van der Waals surface area contributed by atoms with Crippen molar-refractivity contribution in [1.29, 1.82) is 0 Å². The number of carbonyl (C=O) groups is 1. The van der Waals surface area contributed by atoms with Gasteiger partial charge in [0, 0.05) is 35.9 Å². The van der Waals surface area contributed by atoms with Gasteiger partial charge in [-0.2, -0.15) is 0 Å². The van der Waals surface area contributed by atoms with E-state index >= 15 is 0 Å². The standard InChI is InChI=1S/C16H18BrN3O/c1-20(15-5-3-2-4-12(15)17)16(21)11-6-7-13-14(10-11)19-9-8-18-13/h6-10,12,15H,2-5H2,1H3. The van der Waals surface area contributed by atoms with Gasteiger partial charge in [-0.1, -0.05) is 28.8 Å². The van der Waals surface area contributed by atoms with Crippen molar-refractivity contribution in [3.05, 3.63) is 36.2 Å². The Hall–Kier alpha value is -1.49. The lowest BCUT2D eigenvalue weighted by Crippen LogP contribution is -2.44. The van der Waals surface area contributed by atoms with Gasteiger partial charge in [-0.25, -0.2) is 0 Å². The molecule has 1 aliphatic carbocycles. The smallest absolute Gasteiger partial charge is 0.253 e. The van der Waals surface area contributed by atoms with Crippen molar-refractivity contribution < 1.29 is 4.79 Å². The summed E-state index contributed by atoms with van der Waals surface area (Å²) in [6.45, 7) is 0. The first-order valence-electron chi connectivity index (χ1n) is 7.29. The zero-order valence-corrected chi connectivity index (χ0v) is 13.6. The van der Waals surface area contributed by atoms with E-state index in [4.69, 9.17) is 0 Å². The Labute approximate surface area is 132 Å². The monoisotopic (exact) mass is 347 g/mol. The molecule has 1 heterocycles. The summed E-state index contributed by atoms with van der Waals surface area (Å²) in [4.78, 5) is 23.5. The molecular weight excluding hydrogens is 330 g/mol. The van der Waals surface area contributed by atoms with Gasteiger partial charge in [0.15, 0.2) is 0 Å². The van der Waals surface area contributed by atoms with E-state index in [0.29, 0.717) is 10.4 Å². The van der Waals surface area contributed by atoms with Gasteiger partial charge in [0.05, 0.1) is 11.0 Å². The van der Waals surface area contributed by atoms with E-state index < -0.39 is 0 Å². The van der Waals surface area contributed by atoms with Crippen molar-refractivity contribution in [2.24, 2.45) is 0 Å². The van der Waals surface area contributed by atoms with E-state index in [9.17, 15) is 4.79 Å². The average Bonchev–Trinajstić information content (AvgIpc) is 2.53. The molecule has 0 aliphatic heterocycles. The second-order valence-corrected chi connectivity index (χ2v) is 6.72. The SMILES string of the molecule is CN(C(=O)c1ccc2nccnc2c1)C1CCCCC1Br. The van der Waals surface area contributed by atoms with Gasteiger partial charge in [0.2, 0.25) is 0 Å². The average molecular weight is 348 g/mol. The maximum atomic E-state index is 12.7. The number of hydrogen-bond donors (Lipinski definition) is 0. The Balaban J connectivity index is 1.85. The maximum absolute atomic E-state index is 12.7. The first kappa shape index (κ1) is 14.4. The molecule has 1 amide bonds. The molecule has 1 aliphatic rings. The number of fused-ring (bicyclic) bond motifs is 1. The fraction of sp³-hybridized carbons (Fsp3) is 0.438. The lowest BCUT2D eigenvalue weighted by molar-refractivity contribution is 0.0705. The second kappa shape index (κ2) is 6.10. The third-order valence-corrected chi connectivity index (χ3v) is 5.25. The van der Waals surface area contributed by atoms with Crippen molar-refractivity contribution in [3.8, 4) is 0 Å².